The molecule has 2 aromatic carbocycles. The second-order valence-corrected chi connectivity index (χ2v) is 8.92. The highest BCUT2D eigenvalue weighted by Crippen LogP contribution is 2.26. The van der Waals surface area contributed by atoms with E-state index in [0.29, 0.717) is 6.42 Å². The molecule has 166 valence electrons. The van der Waals surface area contributed by atoms with Crippen LogP contribution in [-0.2, 0) is 9.53 Å². The van der Waals surface area contributed by atoms with Gasteiger partial charge in [0.15, 0.2) is 5.78 Å². The molecule has 1 N–H and O–H groups in total. The smallest absolute Gasteiger partial charge is 0.408 e. The molecule has 2 aromatic rings. The number of nitrogens with one attached hydrogen (secondary N) is 1. The number of alkyl carbamates (subject to hydrolysis) is 1. The number of carbonyl (C=O) groups is 2. The Labute approximate surface area is 186 Å². The molecule has 4 heteroatoms. The third-order valence-corrected chi connectivity index (χ3v) is 5.22. The lowest BCUT2D eigenvalue weighted by molar-refractivity contribution is -0.123. The third-order valence-electron chi connectivity index (χ3n) is 5.22. The Morgan fingerprint density at radius 3 is 2.13 bits per heavy atom. The van der Waals surface area contributed by atoms with E-state index in [2.05, 4.69) is 5.32 Å². The highest BCUT2D eigenvalue weighted by Gasteiger charge is 2.33. The van der Waals surface area contributed by atoms with E-state index in [4.69, 9.17) is 4.74 Å². The summed E-state index contributed by atoms with van der Waals surface area (Å²) in [6.07, 6.45) is 4.83. The van der Waals surface area contributed by atoms with Gasteiger partial charge in [-0.05, 0) is 44.2 Å². The number of allylic oxidation sites excluding steroid dienone is 1. The Balaban J connectivity index is 2.27. The van der Waals surface area contributed by atoms with E-state index < -0.39 is 17.7 Å². The first-order valence-electron chi connectivity index (χ1n) is 11.0. The van der Waals surface area contributed by atoms with Crippen molar-refractivity contribution in [1.29, 1.82) is 0 Å². The van der Waals surface area contributed by atoms with E-state index in [-0.39, 0.29) is 17.6 Å². The fourth-order valence-electron chi connectivity index (χ4n) is 3.39. The molecule has 0 aliphatic carbocycles. The molecular weight excluding hydrogens is 386 g/mol. The van der Waals surface area contributed by atoms with Gasteiger partial charge in [0.25, 0.3) is 0 Å². The van der Waals surface area contributed by atoms with E-state index in [1.54, 1.807) is 0 Å². The number of rotatable bonds is 9. The second kappa shape index (κ2) is 11.5. The number of amides is 1. The molecular formula is C27H35NO3. The van der Waals surface area contributed by atoms with Crippen molar-refractivity contribution in [2.24, 2.45) is 5.92 Å². The van der Waals surface area contributed by atoms with Crippen molar-refractivity contribution >= 4 is 18.0 Å². The van der Waals surface area contributed by atoms with Crippen molar-refractivity contribution < 1.29 is 14.3 Å². The van der Waals surface area contributed by atoms with Crippen LogP contribution < -0.4 is 5.32 Å². The molecule has 31 heavy (non-hydrogen) atoms. The normalized spacial score (nSPS) is 14.6. The molecule has 1 amide bonds. The molecule has 0 aliphatic heterocycles. The van der Waals surface area contributed by atoms with E-state index in [9.17, 15) is 9.59 Å². The van der Waals surface area contributed by atoms with Crippen molar-refractivity contribution in [3.05, 3.63) is 77.9 Å². The van der Waals surface area contributed by atoms with Crippen LogP contribution in [0.5, 0.6) is 0 Å². The summed E-state index contributed by atoms with van der Waals surface area (Å²) in [5.41, 5.74) is 1.42. The van der Waals surface area contributed by atoms with Gasteiger partial charge in [0.2, 0.25) is 0 Å². The lowest BCUT2D eigenvalue weighted by Gasteiger charge is -2.29. The number of hydrogen-bond donors (Lipinski definition) is 1. The minimum Gasteiger partial charge on any atom is -0.444 e. The molecule has 0 saturated heterocycles. The largest absolute Gasteiger partial charge is 0.444 e. The van der Waals surface area contributed by atoms with Crippen molar-refractivity contribution in [3.63, 3.8) is 0 Å². The lowest BCUT2D eigenvalue weighted by atomic mass is 9.83. The molecule has 0 fully saturated rings. The topological polar surface area (TPSA) is 55.4 Å². The molecule has 0 radical (unpaired) electrons. The van der Waals surface area contributed by atoms with Gasteiger partial charge in [0.1, 0.15) is 5.60 Å². The van der Waals surface area contributed by atoms with Crippen LogP contribution in [0.15, 0.2) is 66.7 Å². The average Bonchev–Trinajstić information content (AvgIpc) is 2.74. The minimum absolute atomic E-state index is 0.00382. The van der Waals surface area contributed by atoms with Crippen molar-refractivity contribution in [2.45, 2.75) is 65.0 Å². The van der Waals surface area contributed by atoms with Crippen LogP contribution in [0.1, 0.15) is 64.5 Å². The molecule has 0 heterocycles. The summed E-state index contributed by atoms with van der Waals surface area (Å²) >= 11 is 0. The predicted molar refractivity (Wildman–Crippen MR) is 127 cm³/mol. The highest BCUT2D eigenvalue weighted by atomic mass is 16.6. The molecule has 0 aromatic heterocycles. The number of ether oxygens (including phenoxy) is 1. The second-order valence-electron chi connectivity index (χ2n) is 8.92. The van der Waals surface area contributed by atoms with E-state index in [0.717, 1.165) is 17.5 Å². The van der Waals surface area contributed by atoms with Gasteiger partial charge in [-0.1, -0.05) is 93.1 Å². The fraction of sp³-hybridized carbons (Fsp3) is 0.407. The number of Topliss-reactive ketones (excluding diaryl/α,β-unsaturated/α-hetero) is 1. The van der Waals surface area contributed by atoms with E-state index in [1.807, 2.05) is 107 Å². The zero-order chi connectivity index (χ0) is 22.9. The van der Waals surface area contributed by atoms with Gasteiger partial charge in [-0.2, -0.15) is 0 Å². The maximum Gasteiger partial charge on any atom is 0.408 e. The Kier molecular flexibility index (Phi) is 9.04. The van der Waals surface area contributed by atoms with Gasteiger partial charge in [-0.3, -0.25) is 4.79 Å². The van der Waals surface area contributed by atoms with Gasteiger partial charge in [-0.25, -0.2) is 4.79 Å². The van der Waals surface area contributed by atoms with Gasteiger partial charge in [-0.15, -0.1) is 0 Å². The molecule has 2 rings (SSSR count). The Morgan fingerprint density at radius 1 is 1.00 bits per heavy atom. The van der Waals surface area contributed by atoms with Crippen LogP contribution in [0, 0.1) is 5.92 Å². The Morgan fingerprint density at radius 2 is 1.58 bits per heavy atom. The van der Waals surface area contributed by atoms with Crippen molar-refractivity contribution in [2.75, 3.05) is 0 Å². The number of hydrogen-bond acceptors (Lipinski definition) is 3. The number of ketones is 1. The first-order chi connectivity index (χ1) is 14.7. The number of carbonyl (C=O) groups excluding carboxylic acids is 2. The maximum absolute atomic E-state index is 13.7. The summed E-state index contributed by atoms with van der Waals surface area (Å²) in [5.74, 6) is -0.358. The van der Waals surface area contributed by atoms with Crippen molar-refractivity contribution in [3.8, 4) is 0 Å². The summed E-state index contributed by atoms with van der Waals surface area (Å²) in [7, 11) is 0. The quantitative estimate of drug-likeness (QED) is 0.511. The number of benzene rings is 2. The van der Waals surface area contributed by atoms with Gasteiger partial charge < -0.3 is 10.1 Å². The summed E-state index contributed by atoms with van der Waals surface area (Å²) in [6.45, 7) is 9.45. The third kappa shape index (κ3) is 8.05. The Hall–Kier alpha value is -2.88. The van der Waals surface area contributed by atoms with Gasteiger partial charge in [0, 0.05) is 5.92 Å². The summed E-state index contributed by atoms with van der Waals surface area (Å²) in [6, 6.07) is 19.2. The summed E-state index contributed by atoms with van der Waals surface area (Å²) in [4.78, 5) is 26.1. The van der Waals surface area contributed by atoms with Crippen LogP contribution >= 0.6 is 0 Å². The Bertz CT molecular complexity index is 853. The highest BCUT2D eigenvalue weighted by molar-refractivity contribution is 5.93. The molecule has 0 saturated carbocycles. The first-order valence-corrected chi connectivity index (χ1v) is 11.0. The van der Waals surface area contributed by atoms with Gasteiger partial charge >= 0.3 is 6.09 Å². The van der Waals surface area contributed by atoms with Crippen LogP contribution in [0.25, 0.3) is 6.08 Å². The lowest BCUT2D eigenvalue weighted by Crippen LogP contribution is -2.48. The van der Waals surface area contributed by atoms with Gasteiger partial charge in [0.05, 0.1) is 6.04 Å². The van der Waals surface area contributed by atoms with Crippen LogP contribution in [0.2, 0.25) is 0 Å². The van der Waals surface area contributed by atoms with E-state index in [1.165, 1.54) is 0 Å². The molecule has 3 atom stereocenters. The average molecular weight is 422 g/mol. The summed E-state index contributed by atoms with van der Waals surface area (Å²) < 4.78 is 5.42. The monoisotopic (exact) mass is 421 g/mol. The first kappa shape index (κ1) is 24.4. The SMILES string of the molecule is CC[C@H](C)[C@H](NC(=O)OC(C)(C)C)C(=O)[C@H](C/C=C/c1ccccc1)c1ccccc1. The zero-order valence-corrected chi connectivity index (χ0v) is 19.3. The fourth-order valence-corrected chi connectivity index (χ4v) is 3.39. The van der Waals surface area contributed by atoms with Crippen LogP contribution in [0.3, 0.4) is 0 Å². The van der Waals surface area contributed by atoms with E-state index >= 15 is 0 Å². The minimum atomic E-state index is -0.621. The summed E-state index contributed by atoms with van der Waals surface area (Å²) in [5, 5.41) is 2.85. The molecule has 0 aliphatic rings. The van der Waals surface area contributed by atoms with Crippen molar-refractivity contribution in [1.82, 2.24) is 5.32 Å². The maximum atomic E-state index is 13.7. The zero-order valence-electron chi connectivity index (χ0n) is 19.3. The molecule has 0 spiro atoms. The van der Waals surface area contributed by atoms with Crippen LogP contribution in [-0.4, -0.2) is 23.5 Å². The standard InChI is InChI=1S/C27H35NO3/c1-6-20(2)24(28-26(30)31-27(3,4)5)25(29)23(22-17-11-8-12-18-22)19-13-16-21-14-9-7-10-15-21/h7-18,20,23-24H,6,19H2,1-5H3,(H,28,30)/b16-13+/t20-,23+,24-/m0/s1. The molecule has 0 unspecified atom stereocenters. The molecule has 0 bridgehead atoms. The van der Waals surface area contributed by atoms with Crippen LogP contribution in [0.4, 0.5) is 4.79 Å². The molecule has 4 nitrogen and oxygen atoms in total. The predicted octanol–water partition coefficient (Wildman–Crippen LogP) is 6.38.